The fourth-order valence-corrected chi connectivity index (χ4v) is 3.66. The lowest BCUT2D eigenvalue weighted by molar-refractivity contribution is 0.0607. The molecule has 3 rings (SSSR count). The van der Waals surface area contributed by atoms with Gasteiger partial charge in [-0.1, -0.05) is 30.3 Å². The van der Waals surface area contributed by atoms with E-state index >= 15 is 0 Å². The van der Waals surface area contributed by atoms with Crippen LogP contribution in [0.3, 0.4) is 0 Å². The molecular formula is C22H29N3O3. The highest BCUT2D eigenvalue weighted by molar-refractivity contribution is 5.96. The summed E-state index contributed by atoms with van der Waals surface area (Å²) in [5, 5.41) is 0. The molecule has 2 aromatic rings. The average molecular weight is 383 g/mol. The Morgan fingerprint density at radius 3 is 2.68 bits per heavy atom. The smallest absolute Gasteiger partial charge is 0.259 e. The molecule has 1 aliphatic heterocycles. The van der Waals surface area contributed by atoms with Crippen molar-refractivity contribution in [3.63, 3.8) is 0 Å². The second kappa shape index (κ2) is 9.55. The number of aromatic nitrogens is 1. The molecular weight excluding hydrogens is 354 g/mol. The molecule has 1 saturated heterocycles. The van der Waals surface area contributed by atoms with Gasteiger partial charge < -0.3 is 19.3 Å². The van der Waals surface area contributed by atoms with Crippen LogP contribution >= 0.6 is 0 Å². The van der Waals surface area contributed by atoms with Gasteiger partial charge in [-0.15, -0.1) is 0 Å². The maximum absolute atomic E-state index is 13.1. The Hall–Kier alpha value is -2.60. The van der Waals surface area contributed by atoms with Crippen molar-refractivity contribution in [1.82, 2.24) is 14.8 Å². The van der Waals surface area contributed by atoms with Crippen LogP contribution in [-0.4, -0.2) is 67.6 Å². The number of nitrogens with zero attached hydrogens (tertiary/aromatic N) is 3. The molecule has 6 heteroatoms. The van der Waals surface area contributed by atoms with Crippen molar-refractivity contribution in [2.75, 3.05) is 40.9 Å². The molecule has 0 aliphatic carbocycles. The fourth-order valence-electron chi connectivity index (χ4n) is 3.66. The highest BCUT2D eigenvalue weighted by Crippen LogP contribution is 2.24. The number of rotatable bonds is 7. The number of hydrogen-bond donors (Lipinski definition) is 0. The van der Waals surface area contributed by atoms with Gasteiger partial charge in [-0.2, -0.15) is 4.98 Å². The minimum absolute atomic E-state index is 0.0341. The molecule has 1 fully saturated rings. The normalized spacial score (nSPS) is 16.9. The Bertz CT molecular complexity index is 782. The molecule has 1 unspecified atom stereocenters. The van der Waals surface area contributed by atoms with Crippen molar-refractivity contribution in [2.45, 2.75) is 25.3 Å². The van der Waals surface area contributed by atoms with Gasteiger partial charge in [0.1, 0.15) is 5.56 Å². The molecule has 0 bridgehead atoms. The number of methoxy groups -OCH3 is 2. The van der Waals surface area contributed by atoms with Crippen molar-refractivity contribution in [2.24, 2.45) is 0 Å². The summed E-state index contributed by atoms with van der Waals surface area (Å²) in [7, 11) is 5.22. The van der Waals surface area contributed by atoms with E-state index in [1.54, 1.807) is 19.2 Å². The number of likely N-dealkylation sites (tertiary alicyclic amines) is 1. The second-order valence-corrected chi connectivity index (χ2v) is 7.17. The van der Waals surface area contributed by atoms with Crippen molar-refractivity contribution in [3.8, 4) is 11.8 Å². The standard InChI is InChI=1S/C22H29N3O3/c1-24(15-13-17-8-5-4-6-9-17)18-10-7-14-25(16-18)22(26)19-11-12-20(27-2)23-21(19)28-3/h4-6,8-9,11-12,18H,7,10,13-16H2,1-3H3. The number of carbonyl (C=O) groups excluding carboxylic acids is 1. The summed E-state index contributed by atoms with van der Waals surface area (Å²) in [6.45, 7) is 2.46. The van der Waals surface area contributed by atoms with Crippen LogP contribution < -0.4 is 9.47 Å². The quantitative estimate of drug-likeness (QED) is 0.736. The van der Waals surface area contributed by atoms with Gasteiger partial charge in [0.25, 0.3) is 5.91 Å². The Morgan fingerprint density at radius 1 is 1.18 bits per heavy atom. The first kappa shape index (κ1) is 20.1. The Morgan fingerprint density at radius 2 is 1.96 bits per heavy atom. The predicted octanol–water partition coefficient (Wildman–Crippen LogP) is 2.88. The third kappa shape index (κ3) is 4.81. The van der Waals surface area contributed by atoms with E-state index in [9.17, 15) is 4.79 Å². The first-order chi connectivity index (χ1) is 13.6. The van der Waals surface area contributed by atoms with E-state index in [0.29, 0.717) is 23.4 Å². The summed E-state index contributed by atoms with van der Waals surface area (Å²) >= 11 is 0. The van der Waals surface area contributed by atoms with E-state index in [-0.39, 0.29) is 5.91 Å². The molecule has 1 aliphatic rings. The number of piperidine rings is 1. The van der Waals surface area contributed by atoms with E-state index in [1.165, 1.54) is 12.7 Å². The first-order valence-electron chi connectivity index (χ1n) is 9.75. The Kier molecular flexibility index (Phi) is 6.87. The summed E-state index contributed by atoms with van der Waals surface area (Å²) in [6.07, 6.45) is 3.11. The largest absolute Gasteiger partial charge is 0.481 e. The number of amides is 1. The first-order valence-corrected chi connectivity index (χ1v) is 9.75. The summed E-state index contributed by atoms with van der Waals surface area (Å²) in [4.78, 5) is 21.6. The lowest BCUT2D eigenvalue weighted by atomic mass is 10.0. The fraction of sp³-hybridized carbons (Fsp3) is 0.455. The zero-order valence-corrected chi connectivity index (χ0v) is 16.9. The van der Waals surface area contributed by atoms with Gasteiger partial charge in [-0.05, 0) is 37.9 Å². The highest BCUT2D eigenvalue weighted by atomic mass is 16.5. The molecule has 1 atom stereocenters. The van der Waals surface area contributed by atoms with Crippen LogP contribution in [0.1, 0.15) is 28.8 Å². The molecule has 150 valence electrons. The van der Waals surface area contributed by atoms with E-state index < -0.39 is 0 Å². The van der Waals surface area contributed by atoms with Gasteiger partial charge in [0.05, 0.1) is 14.2 Å². The zero-order valence-electron chi connectivity index (χ0n) is 16.9. The topological polar surface area (TPSA) is 54.9 Å². The molecule has 6 nitrogen and oxygen atoms in total. The van der Waals surface area contributed by atoms with E-state index in [2.05, 4.69) is 41.2 Å². The summed E-state index contributed by atoms with van der Waals surface area (Å²) < 4.78 is 10.4. The highest BCUT2D eigenvalue weighted by Gasteiger charge is 2.28. The van der Waals surface area contributed by atoms with Crippen LogP contribution in [-0.2, 0) is 6.42 Å². The third-order valence-electron chi connectivity index (χ3n) is 5.37. The van der Waals surface area contributed by atoms with Gasteiger partial charge in [0.15, 0.2) is 0 Å². The van der Waals surface area contributed by atoms with Crippen LogP contribution in [0.25, 0.3) is 0 Å². The SMILES string of the molecule is COc1ccc(C(=O)N2CCCC(N(C)CCc3ccccc3)C2)c(OC)n1. The van der Waals surface area contributed by atoms with Crippen molar-refractivity contribution in [3.05, 3.63) is 53.6 Å². The molecule has 0 N–H and O–H groups in total. The van der Waals surface area contributed by atoms with Crippen LogP contribution in [0, 0.1) is 0 Å². The number of likely N-dealkylation sites (N-methyl/N-ethyl adjacent to an activating group) is 1. The molecule has 1 aromatic heterocycles. The number of pyridine rings is 1. The number of carbonyl (C=O) groups is 1. The van der Waals surface area contributed by atoms with Gasteiger partial charge in [0.2, 0.25) is 11.8 Å². The predicted molar refractivity (Wildman–Crippen MR) is 109 cm³/mol. The van der Waals surface area contributed by atoms with Crippen LogP contribution in [0.5, 0.6) is 11.8 Å². The summed E-state index contributed by atoms with van der Waals surface area (Å²) in [5.41, 5.74) is 1.82. The third-order valence-corrected chi connectivity index (χ3v) is 5.37. The summed E-state index contributed by atoms with van der Waals surface area (Å²) in [5.74, 6) is 0.711. The van der Waals surface area contributed by atoms with E-state index in [0.717, 1.165) is 38.9 Å². The maximum atomic E-state index is 13.1. The zero-order chi connectivity index (χ0) is 19.9. The lowest BCUT2D eigenvalue weighted by Gasteiger charge is -2.37. The minimum Gasteiger partial charge on any atom is -0.481 e. The summed E-state index contributed by atoms with van der Waals surface area (Å²) in [6, 6.07) is 14.3. The van der Waals surface area contributed by atoms with Crippen LogP contribution in [0.4, 0.5) is 0 Å². The van der Waals surface area contributed by atoms with Crippen molar-refractivity contribution in [1.29, 1.82) is 0 Å². The maximum Gasteiger partial charge on any atom is 0.259 e. The van der Waals surface area contributed by atoms with E-state index in [1.807, 2.05) is 11.0 Å². The molecule has 1 amide bonds. The number of benzene rings is 1. The second-order valence-electron chi connectivity index (χ2n) is 7.17. The van der Waals surface area contributed by atoms with Gasteiger partial charge in [-0.25, -0.2) is 0 Å². The minimum atomic E-state index is -0.0341. The van der Waals surface area contributed by atoms with E-state index in [4.69, 9.17) is 9.47 Å². The molecule has 0 saturated carbocycles. The van der Waals surface area contributed by atoms with Crippen molar-refractivity contribution < 1.29 is 14.3 Å². The van der Waals surface area contributed by atoms with Crippen molar-refractivity contribution >= 4 is 5.91 Å². The molecule has 2 heterocycles. The number of hydrogen-bond acceptors (Lipinski definition) is 5. The monoisotopic (exact) mass is 383 g/mol. The average Bonchev–Trinajstić information content (AvgIpc) is 2.77. The number of ether oxygens (including phenoxy) is 2. The Labute approximate surface area is 167 Å². The molecule has 28 heavy (non-hydrogen) atoms. The van der Waals surface area contributed by atoms with Gasteiger partial charge in [0, 0.05) is 31.7 Å². The molecule has 0 spiro atoms. The van der Waals surface area contributed by atoms with Gasteiger partial charge in [-0.3, -0.25) is 4.79 Å². The molecule has 1 aromatic carbocycles. The van der Waals surface area contributed by atoms with Crippen LogP contribution in [0.2, 0.25) is 0 Å². The van der Waals surface area contributed by atoms with Gasteiger partial charge >= 0.3 is 0 Å². The Balaban J connectivity index is 1.63. The van der Waals surface area contributed by atoms with Crippen LogP contribution in [0.15, 0.2) is 42.5 Å². The molecule has 0 radical (unpaired) electrons. The lowest BCUT2D eigenvalue weighted by Crippen LogP contribution is -2.49.